The van der Waals surface area contributed by atoms with Gasteiger partial charge in [0.05, 0.1) is 12.2 Å². The van der Waals surface area contributed by atoms with Crippen LogP contribution in [0.2, 0.25) is 0 Å². The molecule has 5 atom stereocenters. The van der Waals surface area contributed by atoms with Crippen LogP contribution >= 0.6 is 0 Å². The summed E-state index contributed by atoms with van der Waals surface area (Å²) in [7, 11) is 0. The molecule has 1 aromatic rings. The van der Waals surface area contributed by atoms with Crippen LogP contribution in [0.15, 0.2) is 18.2 Å². The van der Waals surface area contributed by atoms with Gasteiger partial charge in [-0.15, -0.1) is 0 Å². The van der Waals surface area contributed by atoms with Gasteiger partial charge in [-0.2, -0.15) is 0 Å². The smallest absolute Gasteiger partial charge is 0.870 e. The Balaban J connectivity index is 0.00000210. The van der Waals surface area contributed by atoms with Crippen molar-refractivity contribution < 1.29 is 54.8 Å². The minimum absolute atomic E-state index is 0. The molecular formula is C23H34NaO5-. The van der Waals surface area contributed by atoms with E-state index in [-0.39, 0.29) is 59.8 Å². The number of benzene rings is 1. The second-order valence-electron chi connectivity index (χ2n) is 8.35. The van der Waals surface area contributed by atoms with Gasteiger partial charge in [0, 0.05) is 0 Å². The molecule has 1 saturated carbocycles. The third-order valence-corrected chi connectivity index (χ3v) is 6.61. The van der Waals surface area contributed by atoms with E-state index in [0.717, 1.165) is 50.7 Å². The van der Waals surface area contributed by atoms with Crippen LogP contribution in [0.5, 0.6) is 5.75 Å². The molecule has 5 nitrogen and oxygen atoms in total. The standard InChI is InChI=1S/C23H33O4.Na.H2O/c1-2-3-4-7-18(25)9-10-19-20-13-16-6-5-8-23(27-12-11-24)21(16)14-17(20)15-22(19)26;;/h5-6,8,17-20,22,25-26H,2-4,7,9-10,12-15H2,1H3;;1H2/q-1;+1;/p-1/t17-,18-,19+,20-,22+;;/m0../s1. The molecule has 0 aliphatic heterocycles. The van der Waals surface area contributed by atoms with Crippen molar-refractivity contribution in [2.45, 2.75) is 76.9 Å². The number of fused-ring (bicyclic) bond motifs is 2. The number of carbonyl (C=O) groups excluding carboxylic acids is 1. The molecule has 0 saturated heterocycles. The van der Waals surface area contributed by atoms with E-state index in [0.29, 0.717) is 11.8 Å². The fourth-order valence-electron chi connectivity index (χ4n) is 5.21. The molecule has 0 spiro atoms. The van der Waals surface area contributed by atoms with Gasteiger partial charge in [-0.3, -0.25) is 0 Å². The third kappa shape index (κ3) is 6.78. The average Bonchev–Trinajstić information content (AvgIpc) is 2.97. The number of hydrogen-bond donors (Lipinski definition) is 2. The van der Waals surface area contributed by atoms with E-state index in [1.165, 1.54) is 24.0 Å². The monoisotopic (exact) mass is 413 g/mol. The van der Waals surface area contributed by atoms with Gasteiger partial charge in [0.25, 0.3) is 0 Å². The first-order chi connectivity index (χ1) is 13.1. The van der Waals surface area contributed by atoms with Gasteiger partial charge in [-0.05, 0) is 80.1 Å². The molecule has 6 heteroatoms. The van der Waals surface area contributed by atoms with E-state index in [9.17, 15) is 15.0 Å². The van der Waals surface area contributed by atoms with Gasteiger partial charge >= 0.3 is 29.6 Å². The SMILES string of the molecule is CCCCC[C@H](O)CC[C@@H]1[C@H]2Cc3cccc(OC[C-]=O)c3C[C@H]2C[C@H]1O.[Na+].[OH-]. The predicted octanol–water partition coefficient (Wildman–Crippen LogP) is 0.436. The molecule has 1 aromatic carbocycles. The fourth-order valence-corrected chi connectivity index (χ4v) is 5.21. The average molecular weight is 414 g/mol. The van der Waals surface area contributed by atoms with E-state index in [1.807, 2.05) is 12.1 Å². The molecule has 1 fully saturated rings. The number of hydrogen-bond acceptors (Lipinski definition) is 5. The number of unbranched alkanes of at least 4 members (excludes halogenated alkanes) is 2. The van der Waals surface area contributed by atoms with E-state index >= 15 is 0 Å². The Kier molecular flexibility index (Phi) is 12.0. The minimum Gasteiger partial charge on any atom is -0.870 e. The fraction of sp³-hybridized carbons (Fsp3) is 0.696. The molecule has 3 rings (SSSR count). The molecule has 3 N–H and O–H groups in total. The topological polar surface area (TPSA) is 96.8 Å². The first kappa shape index (κ1) is 26.6. The summed E-state index contributed by atoms with van der Waals surface area (Å²) in [5, 5.41) is 20.9. The van der Waals surface area contributed by atoms with Gasteiger partial charge in [0.15, 0.2) is 0 Å². The number of aliphatic hydroxyl groups excluding tert-OH is 2. The first-order valence-electron chi connectivity index (χ1n) is 10.6. The summed E-state index contributed by atoms with van der Waals surface area (Å²) < 4.78 is 5.56. The summed E-state index contributed by atoms with van der Waals surface area (Å²) in [6.45, 7) is 2.14. The number of aliphatic hydroxyl groups is 2. The Labute approximate surface area is 196 Å². The van der Waals surface area contributed by atoms with E-state index in [2.05, 4.69) is 13.0 Å². The predicted molar refractivity (Wildman–Crippen MR) is 107 cm³/mol. The van der Waals surface area contributed by atoms with Crippen molar-refractivity contribution in [3.63, 3.8) is 0 Å². The van der Waals surface area contributed by atoms with Crippen molar-refractivity contribution in [3.05, 3.63) is 29.3 Å². The quantitative estimate of drug-likeness (QED) is 0.330. The first-order valence-corrected chi connectivity index (χ1v) is 10.6. The van der Waals surface area contributed by atoms with Gasteiger partial charge in [-0.1, -0.05) is 38.3 Å². The molecule has 0 bridgehead atoms. The molecular weight excluding hydrogens is 379 g/mol. The zero-order valence-electron chi connectivity index (χ0n) is 17.8. The normalized spacial score (nSPS) is 25.8. The second kappa shape index (κ2) is 13.1. The van der Waals surface area contributed by atoms with Crippen LogP contribution in [-0.4, -0.2) is 40.8 Å². The zero-order chi connectivity index (χ0) is 19.2. The maximum absolute atomic E-state index is 10.7. The van der Waals surface area contributed by atoms with Crippen LogP contribution in [-0.2, 0) is 17.6 Å². The number of rotatable bonds is 10. The maximum Gasteiger partial charge on any atom is 1.00 e. The Morgan fingerprint density at radius 3 is 2.76 bits per heavy atom. The van der Waals surface area contributed by atoms with E-state index in [1.54, 1.807) is 6.29 Å². The van der Waals surface area contributed by atoms with E-state index < -0.39 is 0 Å². The Morgan fingerprint density at radius 1 is 1.24 bits per heavy atom. The van der Waals surface area contributed by atoms with Crippen LogP contribution in [0.1, 0.15) is 63.0 Å². The maximum atomic E-state index is 10.7. The third-order valence-electron chi connectivity index (χ3n) is 6.61. The van der Waals surface area contributed by atoms with Crippen molar-refractivity contribution in [1.82, 2.24) is 0 Å². The summed E-state index contributed by atoms with van der Waals surface area (Å²) >= 11 is 0. The molecule has 158 valence electrons. The van der Waals surface area contributed by atoms with Crippen molar-refractivity contribution in [3.8, 4) is 5.75 Å². The molecule has 0 amide bonds. The van der Waals surface area contributed by atoms with Gasteiger partial charge in [0.2, 0.25) is 0 Å². The van der Waals surface area contributed by atoms with Crippen LogP contribution in [0.3, 0.4) is 0 Å². The largest absolute Gasteiger partial charge is 1.00 e. The molecule has 2 aliphatic rings. The molecule has 0 radical (unpaired) electrons. The van der Waals surface area contributed by atoms with Gasteiger partial charge < -0.3 is 25.2 Å². The Bertz CT molecular complexity index is 623. The summed E-state index contributed by atoms with van der Waals surface area (Å²) in [5.74, 6) is 2.00. The van der Waals surface area contributed by atoms with Crippen molar-refractivity contribution in [1.29, 1.82) is 0 Å². The molecule has 0 heterocycles. The summed E-state index contributed by atoms with van der Waals surface area (Å²) in [4.78, 5) is 10.5. The van der Waals surface area contributed by atoms with Gasteiger partial charge in [-0.25, -0.2) is 6.29 Å². The summed E-state index contributed by atoms with van der Waals surface area (Å²) in [5.41, 5.74) is 2.48. The second-order valence-corrected chi connectivity index (χ2v) is 8.35. The van der Waals surface area contributed by atoms with Crippen LogP contribution in [0, 0.1) is 17.8 Å². The molecule has 2 aliphatic carbocycles. The van der Waals surface area contributed by atoms with Gasteiger partial charge in [0.1, 0.15) is 5.75 Å². The van der Waals surface area contributed by atoms with Crippen LogP contribution in [0.4, 0.5) is 0 Å². The Morgan fingerprint density at radius 2 is 2.03 bits per heavy atom. The van der Waals surface area contributed by atoms with Crippen LogP contribution < -0.4 is 34.3 Å². The van der Waals surface area contributed by atoms with Crippen molar-refractivity contribution >= 4 is 6.29 Å². The summed E-state index contributed by atoms with van der Waals surface area (Å²) in [6, 6.07) is 6.05. The summed E-state index contributed by atoms with van der Waals surface area (Å²) in [6.07, 6.45) is 9.98. The number of ether oxygens (including phenoxy) is 1. The minimum atomic E-state index is -0.273. The molecule has 0 aromatic heterocycles. The van der Waals surface area contributed by atoms with Crippen molar-refractivity contribution in [2.75, 3.05) is 6.61 Å². The Hall–Kier alpha value is -0.430. The zero-order valence-corrected chi connectivity index (χ0v) is 19.8. The van der Waals surface area contributed by atoms with Crippen molar-refractivity contribution in [2.24, 2.45) is 17.8 Å². The molecule has 0 unspecified atom stereocenters. The molecule has 29 heavy (non-hydrogen) atoms. The van der Waals surface area contributed by atoms with Crippen LogP contribution in [0.25, 0.3) is 0 Å². The van der Waals surface area contributed by atoms with E-state index in [4.69, 9.17) is 4.74 Å².